The number of anilines is 1. The Morgan fingerprint density at radius 1 is 1.30 bits per heavy atom. The van der Waals surface area contributed by atoms with Crippen molar-refractivity contribution in [2.45, 2.75) is 11.7 Å². The van der Waals surface area contributed by atoms with Crippen molar-refractivity contribution in [3.05, 3.63) is 63.6 Å². The molecule has 0 bridgehead atoms. The average Bonchev–Trinajstić information content (AvgIpc) is 2.96. The van der Waals surface area contributed by atoms with Crippen LogP contribution in [-0.2, 0) is 9.59 Å². The quantitative estimate of drug-likeness (QED) is 0.516. The van der Waals surface area contributed by atoms with Gasteiger partial charge in [0.2, 0.25) is 11.8 Å². The summed E-state index contributed by atoms with van der Waals surface area (Å²) in [7, 11) is 0. The minimum Gasteiger partial charge on any atom is -0.326 e. The second kappa shape index (κ2) is 9.16. The Kier molecular flexibility index (Phi) is 6.65. The van der Waals surface area contributed by atoms with Crippen molar-refractivity contribution < 1.29 is 9.59 Å². The normalized spacial score (nSPS) is 18.1. The van der Waals surface area contributed by atoms with Crippen LogP contribution in [0.25, 0.3) is 0 Å². The number of halogens is 2. The average molecular weight is 466 g/mol. The summed E-state index contributed by atoms with van der Waals surface area (Å²) in [6, 6.07) is 14.4. The summed E-state index contributed by atoms with van der Waals surface area (Å²) in [5.74, 6) is -0.503. The van der Waals surface area contributed by atoms with Crippen molar-refractivity contribution in [3.8, 4) is 0 Å². The minimum atomic E-state index is -0.540. The third-order valence-electron chi connectivity index (χ3n) is 3.48. The van der Waals surface area contributed by atoms with Gasteiger partial charge in [0.25, 0.3) is 0 Å². The van der Waals surface area contributed by atoms with Gasteiger partial charge < -0.3 is 10.6 Å². The van der Waals surface area contributed by atoms with Crippen molar-refractivity contribution in [1.29, 1.82) is 0 Å². The van der Waals surface area contributed by atoms with E-state index >= 15 is 0 Å². The van der Waals surface area contributed by atoms with Gasteiger partial charge in [0.05, 0.1) is 6.21 Å². The number of thioether (sulfide) groups is 1. The number of amidine groups is 1. The summed E-state index contributed by atoms with van der Waals surface area (Å²) in [5, 5.41) is 13.8. The molecule has 2 N–H and O–H groups in total. The van der Waals surface area contributed by atoms with Crippen LogP contribution in [0, 0.1) is 0 Å². The Labute approximate surface area is 173 Å². The molecular formula is C18H14BrClN4O2S. The molecule has 0 aromatic heterocycles. The molecule has 2 aromatic carbocycles. The Hall–Kier alpha value is -2.16. The number of amides is 2. The second-order valence-corrected chi connectivity index (χ2v) is 8.10. The molecule has 0 aliphatic carbocycles. The van der Waals surface area contributed by atoms with Crippen LogP contribution in [0.5, 0.6) is 0 Å². The molecule has 6 nitrogen and oxygen atoms in total. The van der Waals surface area contributed by atoms with E-state index in [0.717, 1.165) is 10.0 Å². The zero-order valence-corrected chi connectivity index (χ0v) is 17.0. The zero-order valence-electron chi connectivity index (χ0n) is 13.9. The first kappa shape index (κ1) is 19.6. The van der Waals surface area contributed by atoms with Crippen LogP contribution in [0.4, 0.5) is 5.69 Å². The van der Waals surface area contributed by atoms with Crippen molar-refractivity contribution in [2.24, 2.45) is 10.2 Å². The lowest BCUT2D eigenvalue weighted by atomic mass is 10.2. The predicted octanol–water partition coefficient (Wildman–Crippen LogP) is 4.05. The SMILES string of the molecule is O=C(CC1S/C(=N\N=Cc2ccc(Cl)cc2)NC1=O)Nc1cccc(Br)c1. The molecular weight excluding hydrogens is 452 g/mol. The third kappa shape index (κ3) is 5.92. The zero-order chi connectivity index (χ0) is 19.2. The van der Waals surface area contributed by atoms with Gasteiger partial charge in [-0.2, -0.15) is 5.10 Å². The second-order valence-electron chi connectivity index (χ2n) is 5.56. The van der Waals surface area contributed by atoms with Crippen LogP contribution in [0.15, 0.2) is 63.2 Å². The number of rotatable bonds is 5. The van der Waals surface area contributed by atoms with Gasteiger partial charge in [0.1, 0.15) is 5.25 Å². The van der Waals surface area contributed by atoms with Gasteiger partial charge in [-0.15, -0.1) is 5.10 Å². The van der Waals surface area contributed by atoms with Gasteiger partial charge in [-0.3, -0.25) is 9.59 Å². The highest BCUT2D eigenvalue weighted by Gasteiger charge is 2.32. The van der Waals surface area contributed by atoms with Gasteiger partial charge in [-0.05, 0) is 35.9 Å². The first-order valence-electron chi connectivity index (χ1n) is 7.89. The molecule has 27 heavy (non-hydrogen) atoms. The van der Waals surface area contributed by atoms with E-state index in [-0.39, 0.29) is 18.2 Å². The Morgan fingerprint density at radius 3 is 2.81 bits per heavy atom. The molecule has 3 rings (SSSR count). The molecule has 9 heteroatoms. The van der Waals surface area contributed by atoms with Crippen LogP contribution in [0.2, 0.25) is 5.02 Å². The number of benzene rings is 2. The lowest BCUT2D eigenvalue weighted by molar-refractivity contribution is -0.122. The van der Waals surface area contributed by atoms with Crippen LogP contribution < -0.4 is 10.6 Å². The molecule has 0 saturated carbocycles. The van der Waals surface area contributed by atoms with Gasteiger partial charge >= 0.3 is 0 Å². The van der Waals surface area contributed by atoms with Crippen LogP contribution in [0.3, 0.4) is 0 Å². The van der Waals surface area contributed by atoms with E-state index in [0.29, 0.717) is 15.9 Å². The molecule has 1 heterocycles. The third-order valence-corrected chi connectivity index (χ3v) is 5.30. The van der Waals surface area contributed by atoms with Gasteiger partial charge in [-0.1, -0.05) is 57.5 Å². The molecule has 1 aliphatic rings. The predicted molar refractivity (Wildman–Crippen MR) is 113 cm³/mol. The molecule has 2 amide bonds. The van der Waals surface area contributed by atoms with E-state index in [2.05, 4.69) is 36.8 Å². The Morgan fingerprint density at radius 2 is 2.07 bits per heavy atom. The highest BCUT2D eigenvalue weighted by Crippen LogP contribution is 2.23. The maximum atomic E-state index is 12.2. The standard InChI is InChI=1S/C18H14BrClN4O2S/c19-12-2-1-3-14(8-12)22-16(25)9-15-17(26)23-18(27-15)24-21-10-11-4-6-13(20)7-5-11/h1-8,10,15H,9H2,(H,22,25)(H,23,24,26). The maximum absolute atomic E-state index is 12.2. The first-order chi connectivity index (χ1) is 13.0. The van der Waals surface area contributed by atoms with E-state index in [1.54, 1.807) is 30.5 Å². The molecule has 138 valence electrons. The largest absolute Gasteiger partial charge is 0.326 e. The smallest absolute Gasteiger partial charge is 0.240 e. The number of nitrogens with zero attached hydrogens (tertiary/aromatic N) is 2. The monoisotopic (exact) mass is 464 g/mol. The molecule has 2 aromatic rings. The maximum Gasteiger partial charge on any atom is 0.240 e. The number of carbonyl (C=O) groups is 2. The summed E-state index contributed by atoms with van der Waals surface area (Å²) in [5.41, 5.74) is 1.50. The van der Waals surface area contributed by atoms with Crippen molar-refractivity contribution >= 4 is 68.2 Å². The van der Waals surface area contributed by atoms with E-state index < -0.39 is 5.25 Å². The summed E-state index contributed by atoms with van der Waals surface area (Å²) >= 11 is 10.4. The fourth-order valence-corrected chi connectivity index (χ4v) is 3.68. The summed E-state index contributed by atoms with van der Waals surface area (Å²) in [6.45, 7) is 0. The van der Waals surface area contributed by atoms with Gasteiger partial charge in [0.15, 0.2) is 5.17 Å². The summed E-state index contributed by atoms with van der Waals surface area (Å²) in [6.07, 6.45) is 1.60. The molecule has 1 saturated heterocycles. The molecule has 1 aliphatic heterocycles. The Bertz CT molecular complexity index is 918. The molecule has 1 fully saturated rings. The van der Waals surface area contributed by atoms with E-state index in [1.165, 1.54) is 11.8 Å². The summed E-state index contributed by atoms with van der Waals surface area (Å²) < 4.78 is 0.862. The fraction of sp³-hybridized carbons (Fsp3) is 0.111. The van der Waals surface area contributed by atoms with Crippen molar-refractivity contribution in [3.63, 3.8) is 0 Å². The van der Waals surface area contributed by atoms with Crippen LogP contribution >= 0.6 is 39.3 Å². The van der Waals surface area contributed by atoms with Crippen molar-refractivity contribution in [2.75, 3.05) is 5.32 Å². The lowest BCUT2D eigenvalue weighted by Gasteiger charge is -2.07. The van der Waals surface area contributed by atoms with Gasteiger partial charge in [-0.25, -0.2) is 0 Å². The van der Waals surface area contributed by atoms with Crippen LogP contribution in [0.1, 0.15) is 12.0 Å². The fourth-order valence-electron chi connectivity index (χ4n) is 2.23. The van der Waals surface area contributed by atoms with Crippen LogP contribution in [-0.4, -0.2) is 28.4 Å². The number of nitrogens with one attached hydrogen (secondary N) is 2. The topological polar surface area (TPSA) is 82.9 Å². The van der Waals surface area contributed by atoms with E-state index in [9.17, 15) is 9.59 Å². The van der Waals surface area contributed by atoms with Gasteiger partial charge in [0, 0.05) is 21.6 Å². The van der Waals surface area contributed by atoms with E-state index in [4.69, 9.17) is 11.6 Å². The molecule has 0 spiro atoms. The minimum absolute atomic E-state index is 0.0446. The molecule has 1 atom stereocenters. The number of hydrogen-bond acceptors (Lipinski definition) is 5. The highest BCUT2D eigenvalue weighted by molar-refractivity contribution is 9.10. The molecule has 0 radical (unpaired) electrons. The first-order valence-corrected chi connectivity index (χ1v) is 9.94. The number of hydrogen-bond donors (Lipinski definition) is 2. The van der Waals surface area contributed by atoms with Crippen molar-refractivity contribution in [1.82, 2.24) is 5.32 Å². The number of carbonyl (C=O) groups excluding carboxylic acids is 2. The lowest BCUT2D eigenvalue weighted by Crippen LogP contribution is -2.28. The Balaban J connectivity index is 1.55. The summed E-state index contributed by atoms with van der Waals surface area (Å²) in [4.78, 5) is 24.2. The van der Waals surface area contributed by atoms with E-state index in [1.807, 2.05) is 24.3 Å². The highest BCUT2D eigenvalue weighted by atomic mass is 79.9. The molecule has 1 unspecified atom stereocenters.